The number of imide groups is 1. The van der Waals surface area contributed by atoms with E-state index in [0.717, 1.165) is 34.4 Å². The Morgan fingerprint density at radius 1 is 1.14 bits per heavy atom. The number of aryl methyl sites for hydroxylation is 1. The zero-order valence-electron chi connectivity index (χ0n) is 15.9. The van der Waals surface area contributed by atoms with E-state index in [2.05, 4.69) is 10.6 Å². The first-order valence-corrected chi connectivity index (χ1v) is 10.1. The van der Waals surface area contributed by atoms with Gasteiger partial charge in [-0.2, -0.15) is 0 Å². The van der Waals surface area contributed by atoms with Crippen molar-refractivity contribution in [3.63, 3.8) is 0 Å². The molecule has 0 saturated carbocycles. The van der Waals surface area contributed by atoms with Crippen LogP contribution in [0, 0.1) is 0 Å². The molecule has 0 aromatic heterocycles. The molecular weight excluding hydrogens is 390 g/mol. The minimum Gasteiger partial charge on any atom is -0.354 e. The molecule has 1 aliphatic carbocycles. The van der Waals surface area contributed by atoms with Crippen LogP contribution in [0.4, 0.5) is 4.79 Å². The Morgan fingerprint density at radius 3 is 2.69 bits per heavy atom. The number of nitrogens with zero attached hydrogens (tertiary/aromatic N) is 1. The molecule has 0 radical (unpaired) electrons. The highest BCUT2D eigenvalue weighted by Gasteiger charge is 2.54. The summed E-state index contributed by atoms with van der Waals surface area (Å²) in [4.78, 5) is 39.1. The first kappa shape index (κ1) is 19.5. The van der Waals surface area contributed by atoms with Crippen LogP contribution < -0.4 is 10.6 Å². The molecule has 1 fully saturated rings. The van der Waals surface area contributed by atoms with Crippen molar-refractivity contribution in [3.05, 3.63) is 70.2 Å². The second kappa shape index (κ2) is 7.87. The second-order valence-corrected chi connectivity index (χ2v) is 7.90. The van der Waals surface area contributed by atoms with E-state index in [4.69, 9.17) is 11.6 Å². The third kappa shape index (κ3) is 3.72. The summed E-state index contributed by atoms with van der Waals surface area (Å²) in [6.45, 7) is 0.132. The molecule has 150 valence electrons. The molecule has 7 heteroatoms. The molecule has 1 aliphatic heterocycles. The number of hydrogen-bond acceptors (Lipinski definition) is 3. The summed E-state index contributed by atoms with van der Waals surface area (Å²) < 4.78 is 0. The molecule has 4 amide bonds. The Balaban J connectivity index is 1.40. The van der Waals surface area contributed by atoms with Crippen molar-refractivity contribution >= 4 is 29.4 Å². The molecular formula is C22H22ClN3O3. The van der Waals surface area contributed by atoms with Crippen molar-refractivity contribution in [2.75, 3.05) is 13.1 Å². The lowest BCUT2D eigenvalue weighted by Crippen LogP contribution is -2.47. The van der Waals surface area contributed by atoms with Gasteiger partial charge in [0.25, 0.3) is 5.91 Å². The third-order valence-electron chi connectivity index (χ3n) is 5.60. The number of hydrogen-bond donors (Lipinski definition) is 2. The monoisotopic (exact) mass is 411 g/mol. The van der Waals surface area contributed by atoms with Crippen molar-refractivity contribution in [1.29, 1.82) is 0 Å². The number of fused-ring (bicyclic) bond motifs is 2. The molecule has 2 aromatic rings. The average molecular weight is 412 g/mol. The number of carbonyl (C=O) groups excluding carboxylic acids is 3. The van der Waals surface area contributed by atoms with Gasteiger partial charge in [-0.1, -0.05) is 48.0 Å². The minimum atomic E-state index is -1.05. The fraction of sp³-hybridized carbons (Fsp3) is 0.318. The van der Waals surface area contributed by atoms with Crippen molar-refractivity contribution < 1.29 is 14.4 Å². The molecule has 6 nitrogen and oxygen atoms in total. The molecule has 1 atom stereocenters. The maximum absolute atomic E-state index is 13.2. The number of carbonyl (C=O) groups is 3. The highest BCUT2D eigenvalue weighted by atomic mass is 35.5. The maximum atomic E-state index is 13.2. The van der Waals surface area contributed by atoms with Crippen LogP contribution >= 0.6 is 11.6 Å². The van der Waals surface area contributed by atoms with Gasteiger partial charge in [-0.3, -0.25) is 14.5 Å². The van der Waals surface area contributed by atoms with Crippen LogP contribution in [0.25, 0.3) is 0 Å². The highest BCUT2D eigenvalue weighted by Crippen LogP contribution is 2.39. The Bertz CT molecular complexity index is 960. The maximum Gasteiger partial charge on any atom is 0.325 e. The number of nitrogens with one attached hydrogen (secondary N) is 2. The lowest BCUT2D eigenvalue weighted by molar-refractivity contribution is -0.135. The predicted octanol–water partition coefficient (Wildman–Crippen LogP) is 2.78. The largest absolute Gasteiger partial charge is 0.354 e. The summed E-state index contributed by atoms with van der Waals surface area (Å²) in [7, 11) is 0. The zero-order chi connectivity index (χ0) is 20.4. The van der Waals surface area contributed by atoms with Crippen molar-refractivity contribution in [3.8, 4) is 0 Å². The van der Waals surface area contributed by atoms with Gasteiger partial charge in [-0.05, 0) is 54.5 Å². The van der Waals surface area contributed by atoms with Gasteiger partial charge in [0, 0.05) is 11.6 Å². The van der Waals surface area contributed by atoms with Crippen LogP contribution in [0.5, 0.6) is 0 Å². The van der Waals surface area contributed by atoms with Crippen LogP contribution in [0.3, 0.4) is 0 Å². The van der Waals surface area contributed by atoms with E-state index in [1.54, 1.807) is 12.1 Å². The molecule has 2 N–H and O–H groups in total. The lowest BCUT2D eigenvalue weighted by Gasteiger charge is -2.33. The van der Waals surface area contributed by atoms with Gasteiger partial charge in [-0.15, -0.1) is 0 Å². The smallest absolute Gasteiger partial charge is 0.325 e. The highest BCUT2D eigenvalue weighted by molar-refractivity contribution is 6.30. The first-order chi connectivity index (χ1) is 14.0. The van der Waals surface area contributed by atoms with Crippen molar-refractivity contribution in [2.45, 2.75) is 31.2 Å². The van der Waals surface area contributed by atoms with Crippen LogP contribution in [0.1, 0.15) is 29.5 Å². The lowest BCUT2D eigenvalue weighted by atomic mass is 9.76. The van der Waals surface area contributed by atoms with E-state index in [1.807, 2.05) is 36.4 Å². The molecule has 1 saturated heterocycles. The molecule has 1 unspecified atom stereocenters. The van der Waals surface area contributed by atoms with E-state index < -0.39 is 11.6 Å². The molecule has 1 spiro atoms. The Morgan fingerprint density at radius 2 is 1.90 bits per heavy atom. The normalized spacial score (nSPS) is 20.5. The summed E-state index contributed by atoms with van der Waals surface area (Å²) >= 11 is 5.87. The van der Waals surface area contributed by atoms with Gasteiger partial charge < -0.3 is 10.6 Å². The topological polar surface area (TPSA) is 78.5 Å². The number of amides is 4. The Labute approximate surface area is 174 Å². The number of rotatable bonds is 5. The second-order valence-electron chi connectivity index (χ2n) is 7.46. The standard InChI is InChI=1S/C22H22ClN3O3/c23-17-9-7-15(8-10-17)11-13-24-19(27)14-26-20(28)22(25-21(26)29)12-3-5-16-4-1-2-6-18(16)22/h1-2,4,6-10H,3,5,11-14H2,(H,24,27)(H,25,29). The number of halogens is 1. The van der Waals surface area contributed by atoms with Crippen molar-refractivity contribution in [2.24, 2.45) is 0 Å². The van der Waals surface area contributed by atoms with Gasteiger partial charge in [0.15, 0.2) is 0 Å². The SMILES string of the molecule is O=C(CN1C(=O)NC2(CCCc3ccccc32)C1=O)NCCc1ccc(Cl)cc1. The summed E-state index contributed by atoms with van der Waals surface area (Å²) in [5, 5.41) is 6.30. The number of urea groups is 1. The molecule has 1 heterocycles. The van der Waals surface area contributed by atoms with E-state index in [9.17, 15) is 14.4 Å². The van der Waals surface area contributed by atoms with Crippen LogP contribution in [-0.4, -0.2) is 35.8 Å². The van der Waals surface area contributed by atoms with E-state index >= 15 is 0 Å². The van der Waals surface area contributed by atoms with Gasteiger partial charge in [0.1, 0.15) is 12.1 Å². The van der Waals surface area contributed by atoms with E-state index in [-0.39, 0.29) is 18.4 Å². The minimum absolute atomic E-state index is 0.283. The van der Waals surface area contributed by atoms with Crippen LogP contribution in [0.2, 0.25) is 5.02 Å². The number of benzene rings is 2. The van der Waals surface area contributed by atoms with E-state index in [1.165, 1.54) is 0 Å². The first-order valence-electron chi connectivity index (χ1n) is 9.73. The van der Waals surface area contributed by atoms with Crippen molar-refractivity contribution in [1.82, 2.24) is 15.5 Å². The van der Waals surface area contributed by atoms with Gasteiger partial charge in [-0.25, -0.2) is 4.79 Å². The fourth-order valence-corrected chi connectivity index (χ4v) is 4.28. The average Bonchev–Trinajstić information content (AvgIpc) is 2.95. The Kier molecular flexibility index (Phi) is 5.28. The molecule has 2 aliphatic rings. The zero-order valence-corrected chi connectivity index (χ0v) is 16.7. The quantitative estimate of drug-likeness (QED) is 0.742. The summed E-state index contributed by atoms with van der Waals surface area (Å²) in [6, 6.07) is 14.6. The van der Waals surface area contributed by atoms with Crippen LogP contribution in [-0.2, 0) is 28.0 Å². The molecule has 0 bridgehead atoms. The predicted molar refractivity (Wildman–Crippen MR) is 109 cm³/mol. The summed E-state index contributed by atoms with van der Waals surface area (Å²) in [5.41, 5.74) is 1.91. The van der Waals surface area contributed by atoms with E-state index in [0.29, 0.717) is 24.4 Å². The van der Waals surface area contributed by atoms with Gasteiger partial charge >= 0.3 is 6.03 Å². The Hall–Kier alpha value is -2.86. The fourth-order valence-electron chi connectivity index (χ4n) is 4.15. The van der Waals surface area contributed by atoms with Gasteiger partial charge in [0.2, 0.25) is 5.91 Å². The molecule has 29 heavy (non-hydrogen) atoms. The summed E-state index contributed by atoms with van der Waals surface area (Å²) in [6.07, 6.45) is 2.88. The molecule has 2 aromatic carbocycles. The van der Waals surface area contributed by atoms with Gasteiger partial charge in [0.05, 0.1) is 0 Å². The summed E-state index contributed by atoms with van der Waals surface area (Å²) in [5.74, 6) is -0.703. The third-order valence-corrected chi connectivity index (χ3v) is 5.85. The van der Waals surface area contributed by atoms with Crippen LogP contribution in [0.15, 0.2) is 48.5 Å². The molecule has 4 rings (SSSR count).